The lowest BCUT2D eigenvalue weighted by Crippen LogP contribution is -2.12. The fourth-order valence-electron chi connectivity index (χ4n) is 3.58. The molecule has 0 aliphatic heterocycles. The van der Waals surface area contributed by atoms with E-state index < -0.39 is 0 Å². The lowest BCUT2D eigenvalue weighted by molar-refractivity contribution is 0.557. The molecular formula is C25H39ClN2. The summed E-state index contributed by atoms with van der Waals surface area (Å²) < 4.78 is 0. The van der Waals surface area contributed by atoms with Gasteiger partial charge in [-0.3, -0.25) is 0 Å². The smallest absolute Gasteiger partial charge is 0.103 e. The molecule has 156 valence electrons. The summed E-state index contributed by atoms with van der Waals surface area (Å²) in [5, 5.41) is 4.08. The number of rotatable bonds is 10. The number of anilines is 1. The Morgan fingerprint density at radius 3 is 2.29 bits per heavy atom. The monoisotopic (exact) mass is 402 g/mol. The largest absolute Gasteiger partial charge is 0.344 e. The van der Waals surface area contributed by atoms with Gasteiger partial charge in [-0.2, -0.15) is 0 Å². The molecule has 0 saturated heterocycles. The van der Waals surface area contributed by atoms with Gasteiger partial charge in [0.1, 0.15) is 5.84 Å². The van der Waals surface area contributed by atoms with Gasteiger partial charge in [0, 0.05) is 11.9 Å². The van der Waals surface area contributed by atoms with Crippen LogP contribution < -0.4 is 5.32 Å². The van der Waals surface area contributed by atoms with Crippen molar-refractivity contribution < 1.29 is 0 Å². The van der Waals surface area contributed by atoms with Crippen molar-refractivity contribution in [1.29, 1.82) is 0 Å². The molecule has 0 heterocycles. The van der Waals surface area contributed by atoms with Crippen LogP contribution in [-0.4, -0.2) is 5.84 Å². The van der Waals surface area contributed by atoms with Crippen molar-refractivity contribution in [1.82, 2.24) is 0 Å². The number of allylic oxidation sites excluding steroid dienone is 2. The number of amidine groups is 1. The number of aryl methyl sites for hydroxylation is 1. The first-order chi connectivity index (χ1) is 13.2. The van der Waals surface area contributed by atoms with Crippen molar-refractivity contribution in [2.24, 2.45) is 10.9 Å². The highest BCUT2D eigenvalue weighted by atomic mass is 35.5. The van der Waals surface area contributed by atoms with E-state index in [2.05, 4.69) is 63.6 Å². The van der Waals surface area contributed by atoms with E-state index in [1.807, 2.05) is 13.8 Å². The van der Waals surface area contributed by atoms with Gasteiger partial charge in [0.05, 0.1) is 5.03 Å². The van der Waals surface area contributed by atoms with Crippen LogP contribution in [0.5, 0.6) is 0 Å². The van der Waals surface area contributed by atoms with E-state index in [1.165, 1.54) is 42.4 Å². The third-order valence-corrected chi connectivity index (χ3v) is 5.35. The van der Waals surface area contributed by atoms with Gasteiger partial charge in [0.2, 0.25) is 0 Å². The second-order valence-electron chi connectivity index (χ2n) is 8.34. The zero-order valence-corrected chi connectivity index (χ0v) is 19.7. The third kappa shape index (κ3) is 7.83. The zero-order chi connectivity index (χ0) is 21.3. The Bertz CT molecular complexity index is 708. The normalized spacial score (nSPS) is 12.8. The van der Waals surface area contributed by atoms with Crippen LogP contribution in [0.25, 0.3) is 0 Å². The number of hydrogen-bond donors (Lipinski definition) is 1. The van der Waals surface area contributed by atoms with Gasteiger partial charge in [-0.05, 0) is 80.2 Å². The molecule has 0 bridgehead atoms. The SMILES string of the molecule is C=C(C)/C(Cl)=C\N=C(C)Nc1cc(C)c(C(CCC)CCC)cc1CC(C)C. The Balaban J connectivity index is 3.27. The van der Waals surface area contributed by atoms with Gasteiger partial charge in [0.25, 0.3) is 0 Å². The van der Waals surface area contributed by atoms with Crippen molar-refractivity contribution in [2.45, 2.75) is 86.5 Å². The lowest BCUT2D eigenvalue weighted by atomic mass is 9.85. The van der Waals surface area contributed by atoms with Crippen LogP contribution in [0.2, 0.25) is 0 Å². The van der Waals surface area contributed by atoms with E-state index in [-0.39, 0.29) is 0 Å². The molecule has 1 rings (SSSR count). The second-order valence-corrected chi connectivity index (χ2v) is 8.74. The van der Waals surface area contributed by atoms with Crippen molar-refractivity contribution in [3.8, 4) is 0 Å². The van der Waals surface area contributed by atoms with Crippen LogP contribution in [0.1, 0.15) is 89.8 Å². The minimum atomic E-state index is 0.581. The van der Waals surface area contributed by atoms with Crippen molar-refractivity contribution in [2.75, 3.05) is 5.32 Å². The van der Waals surface area contributed by atoms with Crippen molar-refractivity contribution in [3.63, 3.8) is 0 Å². The molecule has 0 fully saturated rings. The number of nitrogens with zero attached hydrogens (tertiary/aromatic N) is 1. The van der Waals surface area contributed by atoms with E-state index in [9.17, 15) is 0 Å². The molecule has 1 aromatic carbocycles. The average molecular weight is 403 g/mol. The maximum atomic E-state index is 6.13. The molecule has 0 radical (unpaired) electrons. The van der Waals surface area contributed by atoms with E-state index in [1.54, 1.807) is 6.20 Å². The Kier molecular flexibility index (Phi) is 10.6. The molecule has 0 spiro atoms. The predicted molar refractivity (Wildman–Crippen MR) is 128 cm³/mol. The van der Waals surface area contributed by atoms with Crippen LogP contribution in [-0.2, 0) is 6.42 Å². The van der Waals surface area contributed by atoms with Gasteiger partial charge in [0.15, 0.2) is 0 Å². The number of nitrogens with one attached hydrogen (secondary N) is 1. The maximum Gasteiger partial charge on any atom is 0.103 e. The Hall–Kier alpha value is -1.54. The predicted octanol–water partition coefficient (Wildman–Crippen LogP) is 8.36. The highest BCUT2D eigenvalue weighted by Gasteiger charge is 2.16. The van der Waals surface area contributed by atoms with Crippen LogP contribution in [0, 0.1) is 12.8 Å². The number of halogens is 1. The van der Waals surface area contributed by atoms with Gasteiger partial charge in [-0.15, -0.1) is 0 Å². The summed E-state index contributed by atoms with van der Waals surface area (Å²) in [5.41, 5.74) is 6.23. The van der Waals surface area contributed by atoms with E-state index >= 15 is 0 Å². The molecule has 0 amide bonds. The molecule has 0 unspecified atom stereocenters. The Morgan fingerprint density at radius 1 is 1.18 bits per heavy atom. The molecule has 0 atom stereocenters. The van der Waals surface area contributed by atoms with E-state index in [0.29, 0.717) is 16.9 Å². The van der Waals surface area contributed by atoms with Crippen LogP contribution in [0.3, 0.4) is 0 Å². The summed E-state index contributed by atoms with van der Waals surface area (Å²) in [6.45, 7) is 19.0. The summed E-state index contributed by atoms with van der Waals surface area (Å²) >= 11 is 6.13. The topological polar surface area (TPSA) is 24.4 Å². The number of hydrogen-bond acceptors (Lipinski definition) is 1. The molecule has 0 aliphatic rings. The summed E-state index contributed by atoms with van der Waals surface area (Å²) in [6.07, 6.45) is 7.68. The third-order valence-electron chi connectivity index (χ3n) is 4.93. The Morgan fingerprint density at radius 2 is 1.79 bits per heavy atom. The molecule has 0 saturated carbocycles. The minimum Gasteiger partial charge on any atom is -0.344 e. The number of aliphatic imine (C=N–C) groups is 1. The first-order valence-corrected chi connectivity index (χ1v) is 11.0. The van der Waals surface area contributed by atoms with E-state index in [0.717, 1.165) is 23.5 Å². The standard InChI is InChI=1S/C25H39ClN2/c1-9-11-21(12-10-2)23-15-22(13-17(3)4)25(14-19(23)7)28-20(8)27-16-24(26)18(5)6/h14-17,21H,5,9-13H2,1-4,6-8H3,(H,27,28)/b24-16+. The maximum absolute atomic E-state index is 6.13. The molecular weight excluding hydrogens is 364 g/mol. The van der Waals surface area contributed by atoms with Crippen LogP contribution in [0.15, 0.2) is 40.5 Å². The molecule has 3 heteroatoms. The van der Waals surface area contributed by atoms with Crippen molar-refractivity contribution in [3.05, 3.63) is 52.2 Å². The van der Waals surface area contributed by atoms with Gasteiger partial charge in [-0.25, -0.2) is 4.99 Å². The minimum absolute atomic E-state index is 0.581. The fraction of sp³-hybridized carbons (Fsp3) is 0.560. The molecule has 1 aromatic rings. The number of benzene rings is 1. The summed E-state index contributed by atoms with van der Waals surface area (Å²) in [7, 11) is 0. The van der Waals surface area contributed by atoms with Gasteiger partial charge >= 0.3 is 0 Å². The molecule has 28 heavy (non-hydrogen) atoms. The molecule has 1 N–H and O–H groups in total. The molecule has 0 aromatic heterocycles. The summed E-state index contributed by atoms with van der Waals surface area (Å²) in [5.74, 6) is 2.08. The zero-order valence-electron chi connectivity index (χ0n) is 19.0. The Labute approximate surface area is 178 Å². The first kappa shape index (κ1) is 24.5. The average Bonchev–Trinajstić information content (AvgIpc) is 2.61. The van der Waals surface area contributed by atoms with Crippen molar-refractivity contribution >= 4 is 23.1 Å². The summed E-state index contributed by atoms with van der Waals surface area (Å²) in [6, 6.07) is 4.74. The summed E-state index contributed by atoms with van der Waals surface area (Å²) in [4.78, 5) is 4.46. The van der Waals surface area contributed by atoms with Gasteiger partial charge < -0.3 is 5.32 Å². The van der Waals surface area contributed by atoms with Gasteiger partial charge in [-0.1, -0.05) is 64.8 Å². The highest BCUT2D eigenvalue weighted by molar-refractivity contribution is 6.31. The lowest BCUT2D eigenvalue weighted by Gasteiger charge is -2.23. The second kappa shape index (κ2) is 12.1. The van der Waals surface area contributed by atoms with Crippen LogP contribution >= 0.6 is 11.6 Å². The fourth-order valence-corrected chi connectivity index (χ4v) is 3.63. The first-order valence-electron chi connectivity index (χ1n) is 10.7. The quantitative estimate of drug-likeness (QED) is 0.237. The highest BCUT2D eigenvalue weighted by Crippen LogP contribution is 2.33. The van der Waals surface area contributed by atoms with E-state index in [4.69, 9.17) is 11.6 Å². The molecule has 2 nitrogen and oxygen atoms in total. The molecule has 0 aliphatic carbocycles. The van der Waals surface area contributed by atoms with Crippen LogP contribution in [0.4, 0.5) is 5.69 Å².